The molecule has 1 atom stereocenters. The largest absolute Gasteiger partial charge is 0.496 e. The standard InChI is InChI=1S/C18H20N4O3/c1-24-17-10-6-5-9-15(17)12-25-13-16(23)11-22-20-18(19-21-22)14-7-3-2-4-8-14/h2-10,16,23H,11-13H2,1H3/t16-/m0/s1. The molecule has 1 aromatic heterocycles. The van der Waals surface area contributed by atoms with Crippen molar-refractivity contribution in [2.75, 3.05) is 13.7 Å². The van der Waals surface area contributed by atoms with Gasteiger partial charge in [-0.15, -0.1) is 10.2 Å². The molecule has 1 heterocycles. The summed E-state index contributed by atoms with van der Waals surface area (Å²) in [4.78, 5) is 1.37. The number of para-hydroxylation sites is 1. The first-order valence-electron chi connectivity index (χ1n) is 7.97. The molecule has 130 valence electrons. The highest BCUT2D eigenvalue weighted by Gasteiger charge is 2.11. The van der Waals surface area contributed by atoms with Crippen molar-refractivity contribution >= 4 is 0 Å². The molecule has 7 nitrogen and oxygen atoms in total. The lowest BCUT2D eigenvalue weighted by Gasteiger charge is -2.12. The average molecular weight is 340 g/mol. The van der Waals surface area contributed by atoms with Gasteiger partial charge in [-0.3, -0.25) is 0 Å². The SMILES string of the molecule is COc1ccccc1COC[C@@H](O)Cn1nnc(-c2ccccc2)n1. The van der Waals surface area contributed by atoms with Gasteiger partial charge in [-0.25, -0.2) is 0 Å². The minimum atomic E-state index is -0.729. The van der Waals surface area contributed by atoms with Crippen molar-refractivity contribution in [2.24, 2.45) is 0 Å². The molecular formula is C18H20N4O3. The van der Waals surface area contributed by atoms with E-state index in [1.165, 1.54) is 4.80 Å². The van der Waals surface area contributed by atoms with Gasteiger partial charge in [-0.2, -0.15) is 4.80 Å². The maximum Gasteiger partial charge on any atom is 0.204 e. The minimum absolute atomic E-state index is 0.167. The van der Waals surface area contributed by atoms with E-state index >= 15 is 0 Å². The van der Waals surface area contributed by atoms with E-state index in [1.807, 2.05) is 54.6 Å². The van der Waals surface area contributed by atoms with Crippen LogP contribution in [0.2, 0.25) is 0 Å². The van der Waals surface area contributed by atoms with Gasteiger partial charge < -0.3 is 14.6 Å². The molecule has 0 aliphatic rings. The summed E-state index contributed by atoms with van der Waals surface area (Å²) in [5.74, 6) is 1.30. The van der Waals surface area contributed by atoms with E-state index in [0.717, 1.165) is 16.9 Å². The van der Waals surface area contributed by atoms with Crippen LogP contribution in [0.25, 0.3) is 11.4 Å². The second-order valence-corrected chi connectivity index (χ2v) is 5.51. The van der Waals surface area contributed by atoms with Gasteiger partial charge in [0.25, 0.3) is 0 Å². The number of hydrogen-bond acceptors (Lipinski definition) is 6. The van der Waals surface area contributed by atoms with Crippen LogP contribution in [0.4, 0.5) is 0 Å². The van der Waals surface area contributed by atoms with Crippen LogP contribution in [0.5, 0.6) is 5.75 Å². The van der Waals surface area contributed by atoms with Crippen molar-refractivity contribution in [3.05, 3.63) is 60.2 Å². The first-order chi connectivity index (χ1) is 12.3. The van der Waals surface area contributed by atoms with E-state index in [9.17, 15) is 5.11 Å². The molecule has 0 unspecified atom stereocenters. The average Bonchev–Trinajstić information content (AvgIpc) is 3.11. The molecule has 2 aromatic carbocycles. The summed E-state index contributed by atoms with van der Waals surface area (Å²) in [6.45, 7) is 0.743. The molecule has 0 saturated carbocycles. The minimum Gasteiger partial charge on any atom is -0.496 e. The van der Waals surface area contributed by atoms with Gasteiger partial charge in [0.05, 0.1) is 33.0 Å². The quantitative estimate of drug-likeness (QED) is 0.675. The fraction of sp³-hybridized carbons (Fsp3) is 0.278. The van der Waals surface area contributed by atoms with E-state index in [-0.39, 0.29) is 13.2 Å². The zero-order valence-electron chi connectivity index (χ0n) is 13.9. The Morgan fingerprint density at radius 3 is 2.64 bits per heavy atom. The lowest BCUT2D eigenvalue weighted by Crippen LogP contribution is -2.23. The number of tetrazole rings is 1. The number of aliphatic hydroxyl groups is 1. The number of rotatable bonds is 8. The van der Waals surface area contributed by atoms with Gasteiger partial charge in [-0.1, -0.05) is 48.5 Å². The van der Waals surface area contributed by atoms with Crippen LogP contribution in [-0.2, 0) is 17.9 Å². The third-order valence-corrected chi connectivity index (χ3v) is 3.62. The molecule has 0 aliphatic carbocycles. The van der Waals surface area contributed by atoms with Crippen LogP contribution >= 0.6 is 0 Å². The highest BCUT2D eigenvalue weighted by atomic mass is 16.5. The summed E-state index contributed by atoms with van der Waals surface area (Å²) in [5, 5.41) is 22.3. The van der Waals surface area contributed by atoms with Gasteiger partial charge in [-0.05, 0) is 11.3 Å². The maximum atomic E-state index is 10.1. The molecule has 0 spiro atoms. The second-order valence-electron chi connectivity index (χ2n) is 5.51. The molecule has 0 aliphatic heterocycles. The van der Waals surface area contributed by atoms with Crippen molar-refractivity contribution in [3.63, 3.8) is 0 Å². The molecule has 0 saturated heterocycles. The zero-order chi connectivity index (χ0) is 17.5. The van der Waals surface area contributed by atoms with E-state index in [4.69, 9.17) is 9.47 Å². The van der Waals surface area contributed by atoms with Crippen LogP contribution in [0.3, 0.4) is 0 Å². The van der Waals surface area contributed by atoms with Crippen LogP contribution in [0, 0.1) is 0 Å². The number of aromatic nitrogens is 4. The van der Waals surface area contributed by atoms with Crippen molar-refractivity contribution < 1.29 is 14.6 Å². The Morgan fingerprint density at radius 1 is 1.08 bits per heavy atom. The van der Waals surface area contributed by atoms with E-state index < -0.39 is 6.10 Å². The van der Waals surface area contributed by atoms with Gasteiger partial charge in [0.1, 0.15) is 5.75 Å². The first kappa shape index (κ1) is 17.1. The molecule has 3 aromatic rings. The molecule has 25 heavy (non-hydrogen) atoms. The van der Waals surface area contributed by atoms with Crippen molar-refractivity contribution in [2.45, 2.75) is 19.3 Å². The molecule has 0 amide bonds. The Hall–Kier alpha value is -2.77. The number of hydrogen-bond donors (Lipinski definition) is 1. The Balaban J connectivity index is 1.50. The molecule has 0 bridgehead atoms. The summed E-state index contributed by atoms with van der Waals surface area (Å²) in [7, 11) is 1.62. The number of ether oxygens (including phenoxy) is 2. The fourth-order valence-electron chi connectivity index (χ4n) is 2.39. The van der Waals surface area contributed by atoms with E-state index in [1.54, 1.807) is 7.11 Å². The maximum absolute atomic E-state index is 10.1. The highest BCUT2D eigenvalue weighted by Crippen LogP contribution is 2.18. The monoisotopic (exact) mass is 340 g/mol. The summed E-state index contributed by atoms with van der Waals surface area (Å²) in [5.41, 5.74) is 1.82. The van der Waals surface area contributed by atoms with Gasteiger partial charge in [0, 0.05) is 11.1 Å². The lowest BCUT2D eigenvalue weighted by atomic mass is 10.2. The Kier molecular flexibility index (Phi) is 5.71. The number of nitrogens with zero attached hydrogens (tertiary/aromatic N) is 4. The summed E-state index contributed by atoms with van der Waals surface area (Å²) in [6.07, 6.45) is -0.729. The van der Waals surface area contributed by atoms with Gasteiger partial charge in [0.15, 0.2) is 0 Å². The van der Waals surface area contributed by atoms with Crippen LogP contribution in [0.15, 0.2) is 54.6 Å². The molecule has 0 fully saturated rings. The van der Waals surface area contributed by atoms with Gasteiger partial charge >= 0.3 is 0 Å². The number of methoxy groups -OCH3 is 1. The smallest absolute Gasteiger partial charge is 0.204 e. The molecule has 3 rings (SSSR count). The van der Waals surface area contributed by atoms with E-state index in [0.29, 0.717) is 12.4 Å². The van der Waals surface area contributed by atoms with Crippen LogP contribution in [-0.4, -0.2) is 45.1 Å². The van der Waals surface area contributed by atoms with Crippen molar-refractivity contribution in [1.82, 2.24) is 20.2 Å². The molecule has 1 N–H and O–H groups in total. The Labute approximate surface area is 145 Å². The second kappa shape index (κ2) is 8.36. The highest BCUT2D eigenvalue weighted by molar-refractivity contribution is 5.52. The predicted molar refractivity (Wildman–Crippen MR) is 91.9 cm³/mol. The predicted octanol–water partition coefficient (Wildman–Crippen LogP) is 1.93. The summed E-state index contributed by atoms with van der Waals surface area (Å²) < 4.78 is 10.8. The fourth-order valence-corrected chi connectivity index (χ4v) is 2.39. The van der Waals surface area contributed by atoms with Crippen molar-refractivity contribution in [1.29, 1.82) is 0 Å². The van der Waals surface area contributed by atoms with E-state index in [2.05, 4.69) is 15.4 Å². The van der Waals surface area contributed by atoms with Crippen LogP contribution in [0.1, 0.15) is 5.56 Å². The third-order valence-electron chi connectivity index (χ3n) is 3.62. The number of aliphatic hydroxyl groups excluding tert-OH is 1. The third kappa shape index (κ3) is 4.62. The normalized spacial score (nSPS) is 12.1. The summed E-state index contributed by atoms with van der Waals surface area (Å²) in [6, 6.07) is 17.2. The topological polar surface area (TPSA) is 82.3 Å². The lowest BCUT2D eigenvalue weighted by molar-refractivity contribution is 0.0159. The number of benzene rings is 2. The van der Waals surface area contributed by atoms with Crippen molar-refractivity contribution in [3.8, 4) is 17.1 Å². The van der Waals surface area contributed by atoms with Crippen LogP contribution < -0.4 is 4.74 Å². The Bertz CT molecular complexity index is 792. The van der Waals surface area contributed by atoms with Gasteiger partial charge in [0.2, 0.25) is 5.82 Å². The zero-order valence-corrected chi connectivity index (χ0v) is 13.9. The Morgan fingerprint density at radius 2 is 1.84 bits per heavy atom. The first-order valence-corrected chi connectivity index (χ1v) is 7.97. The molecular weight excluding hydrogens is 320 g/mol. The molecule has 7 heteroatoms. The molecule has 0 radical (unpaired) electrons. The summed E-state index contributed by atoms with van der Waals surface area (Å²) >= 11 is 0.